The van der Waals surface area contributed by atoms with Gasteiger partial charge in [0.25, 0.3) is 0 Å². The maximum Gasteiger partial charge on any atom is 3.00 e. The average Bonchev–Trinajstić information content (AvgIpc) is 0.592. The second-order valence-electron chi connectivity index (χ2n) is 1.07. The molecular formula is AlF6Si+. The minimum absolute atomic E-state index is 0. The summed E-state index contributed by atoms with van der Waals surface area (Å²) in [7, 11) is -10.8. The van der Waals surface area contributed by atoms with Gasteiger partial charge in [-0.15, -0.1) is 0 Å². The number of halogens is 6. The molecule has 0 bridgehead atoms. The molecule has 0 nitrogen and oxygen atoms in total. The zero-order valence-corrected chi connectivity index (χ0v) is 5.50. The fraction of sp³-hybridized carbons (Fsp3) is 0. The predicted octanol–water partition coefficient (Wildman–Crippen LogP) is 1.76. The van der Waals surface area contributed by atoms with Crippen LogP contribution < -0.4 is 0 Å². The van der Waals surface area contributed by atoms with Gasteiger partial charge in [-0.3, -0.25) is 0 Å². The molecule has 0 fully saturated rings. The van der Waals surface area contributed by atoms with Crippen LogP contribution in [0.5, 0.6) is 0 Å². The molecule has 0 aromatic carbocycles. The number of hydrogen-bond acceptors (Lipinski definition) is 0. The van der Waals surface area contributed by atoms with Crippen molar-refractivity contribution in [2.45, 2.75) is 0 Å². The number of hydrogen-bond donors (Lipinski definition) is 0. The van der Waals surface area contributed by atoms with Crippen molar-refractivity contribution >= 4 is 26.0 Å². The van der Waals surface area contributed by atoms with E-state index in [1.807, 2.05) is 0 Å². The zero-order chi connectivity index (χ0) is 6.41. The van der Waals surface area contributed by atoms with Gasteiger partial charge in [0.05, 0.1) is 0 Å². The molecule has 0 saturated carbocycles. The van der Waals surface area contributed by atoms with E-state index in [4.69, 9.17) is 0 Å². The van der Waals surface area contributed by atoms with Crippen molar-refractivity contribution in [3.8, 4) is 0 Å². The Morgan fingerprint density at radius 3 is 0.625 bits per heavy atom. The largest absolute Gasteiger partial charge is 3.00 e. The summed E-state index contributed by atoms with van der Waals surface area (Å²) in [4.78, 5) is 0. The first-order valence-corrected chi connectivity index (χ1v) is 3.40. The van der Waals surface area contributed by atoms with Crippen LogP contribution in [0.1, 0.15) is 0 Å². The maximum absolute atomic E-state index is 10.8. The van der Waals surface area contributed by atoms with Crippen molar-refractivity contribution in [3.05, 3.63) is 0 Å². The average molecular weight is 169 g/mol. The monoisotopic (exact) mass is 169 g/mol. The zero-order valence-electron chi connectivity index (χ0n) is 3.35. The summed E-state index contributed by atoms with van der Waals surface area (Å²) in [6.07, 6.45) is 0. The molecule has 0 unspecified atom stereocenters. The quantitative estimate of drug-likeness (QED) is 0.294. The van der Waals surface area contributed by atoms with Crippen LogP contribution in [0.15, 0.2) is 0 Å². The Bertz CT molecular complexity index is 67.1. The smallest absolute Gasteiger partial charge is 3.00 e. The van der Waals surface area contributed by atoms with Crippen LogP contribution in [0.4, 0.5) is 24.6 Å². The molecule has 0 spiro atoms. The van der Waals surface area contributed by atoms with E-state index in [-0.39, 0.29) is 17.4 Å². The van der Waals surface area contributed by atoms with Gasteiger partial charge in [0, 0.05) is 0 Å². The van der Waals surface area contributed by atoms with Crippen LogP contribution >= 0.6 is 0 Å². The second kappa shape index (κ2) is 1.25. The van der Waals surface area contributed by atoms with E-state index in [0.29, 0.717) is 0 Å². The van der Waals surface area contributed by atoms with Crippen molar-refractivity contribution in [2.75, 3.05) is 0 Å². The van der Waals surface area contributed by atoms with Crippen LogP contribution in [0.3, 0.4) is 0 Å². The Morgan fingerprint density at radius 1 is 0.625 bits per heavy atom. The molecule has 0 atom stereocenters. The Morgan fingerprint density at radius 2 is 0.625 bits per heavy atom. The van der Waals surface area contributed by atoms with E-state index >= 15 is 0 Å². The van der Waals surface area contributed by atoms with Gasteiger partial charge in [-0.1, -0.05) is 0 Å². The molecule has 0 aliphatic carbocycles. The first-order chi connectivity index (χ1) is 2.45. The van der Waals surface area contributed by atoms with Crippen molar-refractivity contribution in [2.24, 2.45) is 0 Å². The first-order valence-electron chi connectivity index (χ1n) is 1.13. The molecule has 0 aromatic heterocycles. The van der Waals surface area contributed by atoms with Crippen molar-refractivity contribution in [1.82, 2.24) is 0 Å². The Kier molecular flexibility index (Phi) is 1.74. The number of rotatable bonds is 0. The third-order valence-electron chi connectivity index (χ3n) is 0. The molecule has 8 heavy (non-hydrogen) atoms. The van der Waals surface area contributed by atoms with E-state index in [2.05, 4.69) is 0 Å². The molecule has 48 valence electrons. The summed E-state index contributed by atoms with van der Waals surface area (Å²) in [5.41, 5.74) is 0. The van der Waals surface area contributed by atoms with Gasteiger partial charge in [-0.2, -0.15) is 0 Å². The van der Waals surface area contributed by atoms with Crippen molar-refractivity contribution in [1.29, 1.82) is 0 Å². The van der Waals surface area contributed by atoms with Gasteiger partial charge < -0.3 is 0 Å². The molecule has 0 saturated heterocycles. The molecule has 0 heterocycles. The van der Waals surface area contributed by atoms with Gasteiger partial charge in [0.1, 0.15) is 0 Å². The summed E-state index contributed by atoms with van der Waals surface area (Å²) in [5, 5.41) is 0. The van der Waals surface area contributed by atoms with Crippen LogP contribution in [-0.2, 0) is 0 Å². The molecule has 8 heteroatoms. The van der Waals surface area contributed by atoms with Gasteiger partial charge in [-0.25, -0.2) is 0 Å². The summed E-state index contributed by atoms with van der Waals surface area (Å²) in [6, 6.07) is 0. The molecule has 0 radical (unpaired) electrons. The molecular weight excluding hydrogens is 169 g/mol. The van der Waals surface area contributed by atoms with Crippen LogP contribution in [0.2, 0.25) is 0 Å². The molecule has 0 N–H and O–H groups in total. The molecule has 0 amide bonds. The van der Waals surface area contributed by atoms with Gasteiger partial charge in [-0.05, 0) is 0 Å². The minimum Gasteiger partial charge on any atom is 3.00 e. The third kappa shape index (κ3) is 1660. The van der Waals surface area contributed by atoms with E-state index in [9.17, 15) is 24.6 Å². The SMILES string of the molecule is F[Si-2](F)(F)(F)(F)F.[Al+3]. The fourth-order valence-electron chi connectivity index (χ4n) is 0. The molecule has 0 aromatic rings. The Hall–Kier alpha value is 0.329. The van der Waals surface area contributed by atoms with Crippen LogP contribution in [0.25, 0.3) is 0 Å². The van der Waals surface area contributed by atoms with E-state index in [1.54, 1.807) is 0 Å². The van der Waals surface area contributed by atoms with E-state index in [1.165, 1.54) is 0 Å². The molecule has 0 aliphatic rings. The van der Waals surface area contributed by atoms with E-state index in [0.717, 1.165) is 0 Å². The topological polar surface area (TPSA) is 0 Å². The van der Waals surface area contributed by atoms with Gasteiger partial charge in [0.2, 0.25) is 0 Å². The summed E-state index contributed by atoms with van der Waals surface area (Å²) < 4.78 is 59.3. The van der Waals surface area contributed by atoms with Crippen LogP contribution in [-0.4, -0.2) is 26.0 Å². The van der Waals surface area contributed by atoms with E-state index < -0.39 is 8.63 Å². The maximum atomic E-state index is 9.88. The molecule has 0 aliphatic heterocycles. The van der Waals surface area contributed by atoms with Crippen LogP contribution in [0, 0.1) is 0 Å². The third-order valence-corrected chi connectivity index (χ3v) is 0. The van der Waals surface area contributed by atoms with Gasteiger partial charge in [0.15, 0.2) is 0 Å². The minimum atomic E-state index is -10.8. The normalized spacial score (nSPS) is 20.2. The Labute approximate surface area is 51.5 Å². The van der Waals surface area contributed by atoms with Crippen molar-refractivity contribution in [3.63, 3.8) is 0 Å². The standard InChI is InChI=1S/Al.F6Si/c;1-7(2,3,4,5)6/q+3;-2. The summed E-state index contributed by atoms with van der Waals surface area (Å²) in [6.45, 7) is 0. The fourth-order valence-corrected chi connectivity index (χ4v) is 0. The summed E-state index contributed by atoms with van der Waals surface area (Å²) in [5.74, 6) is 0. The van der Waals surface area contributed by atoms with Gasteiger partial charge >= 0.3 is 50.6 Å². The predicted molar refractivity (Wildman–Crippen MR) is 18.2 cm³/mol. The summed E-state index contributed by atoms with van der Waals surface area (Å²) >= 11 is 0. The second-order valence-corrected chi connectivity index (χ2v) is 3.21. The first kappa shape index (κ1) is 11.2. The van der Waals surface area contributed by atoms with Crippen molar-refractivity contribution < 1.29 is 24.6 Å². The molecule has 0 rings (SSSR count). The Balaban J connectivity index is 0.